The first kappa shape index (κ1) is 37.7. The molecular weight excluding hydrogens is 655 g/mol. The third-order valence-electron chi connectivity index (χ3n) is 8.11. The normalized spacial score (nSPS) is 10.6. The molecule has 3 heteroatoms. The number of hydrogen-bond acceptors (Lipinski definition) is 0. The zero-order valence-electron chi connectivity index (χ0n) is 27.5. The second-order valence-electron chi connectivity index (χ2n) is 11.6. The van der Waals surface area contributed by atoms with E-state index in [1.54, 1.807) is 27.4 Å². The van der Waals surface area contributed by atoms with E-state index in [2.05, 4.69) is 116 Å². The van der Waals surface area contributed by atoms with E-state index in [4.69, 9.17) is 0 Å². The monoisotopic (exact) mass is 696 g/mol. The average Bonchev–Trinajstić information content (AvgIpc) is 3.63. The smallest absolute Gasteiger partial charge is 0.0125 e. The molecule has 0 atom stereocenters. The van der Waals surface area contributed by atoms with Crippen molar-refractivity contribution in [2.75, 3.05) is 0 Å². The second kappa shape index (κ2) is 17.3. The minimum absolute atomic E-state index is 0. The Kier molecular flexibility index (Phi) is 14.9. The van der Waals surface area contributed by atoms with Crippen LogP contribution in [0.2, 0.25) is 0 Å². The number of aryl methyl sites for hydroxylation is 6. The molecule has 0 spiro atoms. The van der Waals surface area contributed by atoms with Crippen LogP contribution in [0.25, 0.3) is 33.4 Å². The van der Waals surface area contributed by atoms with Gasteiger partial charge in [-0.3, -0.25) is 0 Å². The Morgan fingerprint density at radius 3 is 1.64 bits per heavy atom. The van der Waals surface area contributed by atoms with E-state index in [9.17, 15) is 0 Å². The van der Waals surface area contributed by atoms with E-state index in [1.165, 1.54) is 90.7 Å². The SMILES string of the molecule is CC[C](=[Zr+2])CC.Cc1cc(C)c(-c2[c-]c3c(cc2)-c2ccc(-c4c(C)cc(C)cc4C)cc2C3)c(C)c1.[Cl-].[Cl-].c1cc[cH-]c1. The van der Waals surface area contributed by atoms with Gasteiger partial charge in [-0.05, 0) is 75.8 Å². The summed E-state index contributed by atoms with van der Waals surface area (Å²) in [6.45, 7) is 17.7. The predicted molar refractivity (Wildman–Crippen MR) is 180 cm³/mol. The van der Waals surface area contributed by atoms with Gasteiger partial charge in [-0.2, -0.15) is 18.2 Å². The second-order valence-corrected chi connectivity index (χ2v) is 13.4. The zero-order valence-corrected chi connectivity index (χ0v) is 31.4. The minimum atomic E-state index is 0. The Hall–Kier alpha value is -2.44. The molecule has 0 unspecified atom stereocenters. The molecule has 0 saturated heterocycles. The van der Waals surface area contributed by atoms with Crippen molar-refractivity contribution >= 4 is 3.21 Å². The van der Waals surface area contributed by atoms with Gasteiger partial charge >= 0.3 is 54.1 Å². The maximum absolute atomic E-state index is 3.78. The van der Waals surface area contributed by atoms with Crippen LogP contribution in [0, 0.1) is 47.6 Å². The Morgan fingerprint density at radius 1 is 0.682 bits per heavy atom. The molecule has 5 aromatic carbocycles. The van der Waals surface area contributed by atoms with E-state index in [-0.39, 0.29) is 24.8 Å². The number of benzene rings is 4. The molecule has 0 amide bonds. The summed E-state index contributed by atoms with van der Waals surface area (Å²) in [5, 5.41) is 0. The van der Waals surface area contributed by atoms with Crippen molar-refractivity contribution in [2.45, 2.75) is 74.7 Å². The van der Waals surface area contributed by atoms with Crippen LogP contribution in [0.4, 0.5) is 0 Å². The van der Waals surface area contributed by atoms with Crippen LogP contribution in [0.15, 0.2) is 84.9 Å². The maximum Gasteiger partial charge on any atom is -0.0125 e. The Morgan fingerprint density at radius 2 is 1.18 bits per heavy atom. The standard InChI is InChI=1S/C31H29.C5H5.C5H10.2ClH.Zr/c1-18-11-20(3)30(21(4)12-18)24-7-9-28-26(15-24)17-27-16-25(8-10-29(27)28)31-22(5)13-19(2)14-23(31)6;1-2-4-5-3-1;1-3-5-4-2;;;/h7-15H,17H2,1-6H3;1-5H;3-4H2,1-2H3;2*1H;/q2*-1;;;;+2/p-2. The minimum Gasteiger partial charge on any atom is -1.00 e. The van der Waals surface area contributed by atoms with Gasteiger partial charge in [-0.25, -0.2) is 12.1 Å². The average molecular weight is 699 g/mol. The summed E-state index contributed by atoms with van der Waals surface area (Å²) in [5.41, 5.74) is 18.7. The van der Waals surface area contributed by atoms with Crippen LogP contribution in [0.5, 0.6) is 0 Å². The first-order valence-corrected chi connectivity index (χ1v) is 16.4. The molecule has 1 aliphatic carbocycles. The molecule has 0 nitrogen and oxygen atoms in total. The van der Waals surface area contributed by atoms with Crippen molar-refractivity contribution in [3.8, 4) is 33.4 Å². The summed E-state index contributed by atoms with van der Waals surface area (Å²) in [6.07, 6.45) is 3.53. The molecule has 0 N–H and O–H groups in total. The van der Waals surface area contributed by atoms with Crippen molar-refractivity contribution in [1.29, 1.82) is 0 Å². The Labute approximate surface area is 293 Å². The summed E-state index contributed by atoms with van der Waals surface area (Å²) in [5.74, 6) is 0. The number of hydrogen-bond donors (Lipinski definition) is 0. The maximum atomic E-state index is 3.78. The first-order chi connectivity index (χ1) is 20.1. The van der Waals surface area contributed by atoms with Gasteiger partial charge in [0.05, 0.1) is 0 Å². The fourth-order valence-corrected chi connectivity index (χ4v) is 6.24. The van der Waals surface area contributed by atoms with Crippen LogP contribution in [0.3, 0.4) is 0 Å². The molecule has 6 rings (SSSR count). The van der Waals surface area contributed by atoms with E-state index >= 15 is 0 Å². The molecule has 0 fully saturated rings. The van der Waals surface area contributed by atoms with E-state index in [1.807, 2.05) is 30.3 Å². The van der Waals surface area contributed by atoms with Crippen molar-refractivity contribution < 1.29 is 49.0 Å². The molecule has 0 heterocycles. The summed E-state index contributed by atoms with van der Waals surface area (Å²) in [6, 6.07) is 34.5. The first-order valence-electron chi connectivity index (χ1n) is 15.2. The fraction of sp³-hybridized carbons (Fsp3) is 0.268. The van der Waals surface area contributed by atoms with Crippen LogP contribution in [-0.2, 0) is 30.7 Å². The van der Waals surface area contributed by atoms with Gasteiger partial charge in [0.2, 0.25) is 0 Å². The third-order valence-corrected chi connectivity index (χ3v) is 9.85. The summed E-state index contributed by atoms with van der Waals surface area (Å²) >= 11 is 1.62. The molecular formula is C41H44Cl2Zr-2. The van der Waals surface area contributed by atoms with Crippen LogP contribution >= 0.6 is 0 Å². The van der Waals surface area contributed by atoms with Crippen molar-refractivity contribution in [3.63, 3.8) is 0 Å². The molecule has 0 bridgehead atoms. The van der Waals surface area contributed by atoms with Gasteiger partial charge in [0, 0.05) is 0 Å². The fourth-order valence-electron chi connectivity index (χ4n) is 6.24. The summed E-state index contributed by atoms with van der Waals surface area (Å²) in [4.78, 5) is 0. The number of halogens is 2. The third kappa shape index (κ3) is 9.06. The quantitative estimate of drug-likeness (QED) is 0.223. The van der Waals surface area contributed by atoms with Gasteiger partial charge in [-0.1, -0.05) is 81.4 Å². The van der Waals surface area contributed by atoms with Crippen LogP contribution in [0.1, 0.15) is 71.2 Å². The Bertz CT molecular complexity index is 1520. The van der Waals surface area contributed by atoms with Gasteiger partial charge in [0.1, 0.15) is 0 Å². The molecule has 0 saturated carbocycles. The van der Waals surface area contributed by atoms with E-state index in [0.717, 1.165) is 6.42 Å². The van der Waals surface area contributed by atoms with Gasteiger partial charge in [0.25, 0.3) is 0 Å². The van der Waals surface area contributed by atoms with Crippen molar-refractivity contribution in [2.24, 2.45) is 0 Å². The number of fused-ring (bicyclic) bond motifs is 3. The molecule has 0 aliphatic heterocycles. The topological polar surface area (TPSA) is 0 Å². The molecule has 5 aromatic rings. The molecule has 0 radical (unpaired) electrons. The predicted octanol–water partition coefficient (Wildman–Crippen LogP) is 5.18. The van der Waals surface area contributed by atoms with Gasteiger partial charge in [-0.15, -0.1) is 29.3 Å². The van der Waals surface area contributed by atoms with Crippen molar-refractivity contribution in [3.05, 3.63) is 136 Å². The molecule has 1 aliphatic rings. The van der Waals surface area contributed by atoms with E-state index in [0.29, 0.717) is 0 Å². The summed E-state index contributed by atoms with van der Waals surface area (Å²) < 4.78 is 1.68. The number of rotatable bonds is 4. The Balaban J connectivity index is 0.000000443. The van der Waals surface area contributed by atoms with Crippen LogP contribution in [-0.4, -0.2) is 3.21 Å². The molecule has 228 valence electrons. The van der Waals surface area contributed by atoms with E-state index < -0.39 is 0 Å². The van der Waals surface area contributed by atoms with Gasteiger partial charge in [0.15, 0.2) is 0 Å². The van der Waals surface area contributed by atoms with Crippen molar-refractivity contribution in [1.82, 2.24) is 0 Å². The summed E-state index contributed by atoms with van der Waals surface area (Å²) in [7, 11) is 0. The zero-order chi connectivity index (χ0) is 30.4. The largest absolute Gasteiger partial charge is 1.00 e. The van der Waals surface area contributed by atoms with Crippen LogP contribution < -0.4 is 24.8 Å². The van der Waals surface area contributed by atoms with Gasteiger partial charge < -0.3 is 24.8 Å². The molecule has 44 heavy (non-hydrogen) atoms. The molecule has 0 aromatic heterocycles.